The smallest absolute Gasteiger partial charge is 0.411 e. The maximum Gasteiger partial charge on any atom is 0.417 e. The Morgan fingerprint density at radius 1 is 1.00 bits per heavy atom. The van der Waals surface area contributed by atoms with Crippen molar-refractivity contribution in [1.29, 1.82) is 0 Å². The fourth-order valence-electron chi connectivity index (χ4n) is 1.96. The molecule has 0 amide bonds. The summed E-state index contributed by atoms with van der Waals surface area (Å²) in [7, 11) is 0. The van der Waals surface area contributed by atoms with Crippen LogP contribution in [0.25, 0.3) is 0 Å². The van der Waals surface area contributed by atoms with E-state index in [1.54, 1.807) is 0 Å². The van der Waals surface area contributed by atoms with Crippen LogP contribution in [-0.2, 0) is 18.8 Å². The summed E-state index contributed by atoms with van der Waals surface area (Å²) in [5.74, 6) is 0. The molecule has 0 saturated heterocycles. The van der Waals surface area contributed by atoms with Crippen LogP contribution < -0.4 is 0 Å². The van der Waals surface area contributed by atoms with E-state index in [0.29, 0.717) is 12.3 Å². The lowest BCUT2D eigenvalue weighted by Gasteiger charge is -2.11. The van der Waals surface area contributed by atoms with Gasteiger partial charge in [0, 0.05) is 12.6 Å². The van der Waals surface area contributed by atoms with Crippen LogP contribution in [0.4, 0.5) is 26.3 Å². The Labute approximate surface area is 142 Å². The molecule has 1 aromatic carbocycles. The third-order valence-corrected chi connectivity index (χ3v) is 3.57. The van der Waals surface area contributed by atoms with Gasteiger partial charge in [0.1, 0.15) is 0 Å². The Balaban J connectivity index is 2.26. The molecule has 0 aliphatic rings. The number of oxime groups is 1. The highest BCUT2D eigenvalue weighted by Gasteiger charge is 2.32. The number of benzene rings is 1. The summed E-state index contributed by atoms with van der Waals surface area (Å²) in [6, 6.07) is 4.42. The second-order valence-electron chi connectivity index (χ2n) is 4.95. The Hall–Kier alpha value is -2.29. The molecule has 1 aromatic heterocycles. The minimum atomic E-state index is -4.61. The Morgan fingerprint density at radius 2 is 1.56 bits per heavy atom. The van der Waals surface area contributed by atoms with E-state index < -0.39 is 23.5 Å². The summed E-state index contributed by atoms with van der Waals surface area (Å²) in [5, 5.41) is 11.7. The van der Waals surface area contributed by atoms with Crippen LogP contribution in [0.5, 0.6) is 0 Å². The minimum Gasteiger partial charge on any atom is -0.411 e. The van der Waals surface area contributed by atoms with Crippen LogP contribution in [0.2, 0.25) is 5.02 Å². The molecule has 10 heteroatoms. The van der Waals surface area contributed by atoms with Gasteiger partial charge in [0.25, 0.3) is 0 Å². The highest BCUT2D eigenvalue weighted by atomic mass is 35.5. The maximum absolute atomic E-state index is 12.6. The molecule has 0 fully saturated rings. The molecule has 1 heterocycles. The zero-order valence-electron chi connectivity index (χ0n) is 12.2. The van der Waals surface area contributed by atoms with Crippen LogP contribution in [-0.4, -0.2) is 15.9 Å². The van der Waals surface area contributed by atoms with E-state index in [-0.39, 0.29) is 28.4 Å². The molecule has 3 nitrogen and oxygen atoms in total. The second kappa shape index (κ2) is 6.91. The quantitative estimate of drug-likeness (QED) is 0.343. The number of rotatable bonds is 3. The van der Waals surface area contributed by atoms with Crippen molar-refractivity contribution >= 4 is 17.3 Å². The fraction of sp³-hybridized carbons (Fsp3) is 0.200. The van der Waals surface area contributed by atoms with Crippen LogP contribution in [0.3, 0.4) is 0 Å². The summed E-state index contributed by atoms with van der Waals surface area (Å²) in [6.45, 7) is 0. The molecule has 0 saturated carbocycles. The summed E-state index contributed by atoms with van der Waals surface area (Å²) in [4.78, 5) is 3.59. The molecule has 0 spiro atoms. The van der Waals surface area contributed by atoms with Gasteiger partial charge in [-0.25, -0.2) is 0 Å². The summed E-state index contributed by atoms with van der Waals surface area (Å²) >= 11 is 5.76. The monoisotopic (exact) mass is 382 g/mol. The van der Waals surface area contributed by atoms with Crippen molar-refractivity contribution in [2.75, 3.05) is 0 Å². The topological polar surface area (TPSA) is 45.5 Å². The first-order chi connectivity index (χ1) is 11.5. The van der Waals surface area contributed by atoms with E-state index in [4.69, 9.17) is 16.8 Å². The van der Waals surface area contributed by atoms with Crippen molar-refractivity contribution in [3.05, 3.63) is 63.9 Å². The van der Waals surface area contributed by atoms with Gasteiger partial charge in [0.2, 0.25) is 0 Å². The predicted molar refractivity (Wildman–Crippen MR) is 77.7 cm³/mol. The first-order valence-electron chi connectivity index (χ1n) is 6.62. The number of alkyl halides is 6. The van der Waals surface area contributed by atoms with Crippen molar-refractivity contribution in [1.82, 2.24) is 4.98 Å². The van der Waals surface area contributed by atoms with Crippen LogP contribution in [0.1, 0.15) is 22.4 Å². The second-order valence-corrected chi connectivity index (χ2v) is 5.36. The molecule has 1 N–H and O–H groups in total. The molecule has 0 aliphatic carbocycles. The molecule has 0 bridgehead atoms. The van der Waals surface area contributed by atoms with Crippen molar-refractivity contribution in [2.45, 2.75) is 18.8 Å². The Morgan fingerprint density at radius 3 is 2.00 bits per heavy atom. The van der Waals surface area contributed by atoms with Crippen molar-refractivity contribution in [2.24, 2.45) is 5.16 Å². The normalized spacial score (nSPS) is 13.2. The van der Waals surface area contributed by atoms with Gasteiger partial charge in [-0.1, -0.05) is 28.9 Å². The number of pyridine rings is 1. The third kappa shape index (κ3) is 4.62. The minimum absolute atomic E-state index is 0.0117. The third-order valence-electron chi connectivity index (χ3n) is 3.25. The number of nitrogens with zero attached hydrogens (tertiary/aromatic N) is 2. The van der Waals surface area contributed by atoms with Gasteiger partial charge in [0.15, 0.2) is 0 Å². The molecule has 2 aromatic rings. The van der Waals surface area contributed by atoms with Crippen LogP contribution in [0.15, 0.2) is 41.7 Å². The average molecular weight is 383 g/mol. The van der Waals surface area contributed by atoms with E-state index in [1.807, 2.05) is 0 Å². The summed E-state index contributed by atoms with van der Waals surface area (Å²) < 4.78 is 75.3. The van der Waals surface area contributed by atoms with Crippen LogP contribution in [0, 0.1) is 0 Å². The molecule has 0 unspecified atom stereocenters. The van der Waals surface area contributed by atoms with Crippen LogP contribution >= 0.6 is 11.6 Å². The molecule has 0 radical (unpaired) electrons. The lowest BCUT2D eigenvalue weighted by atomic mass is 10.0. The summed E-state index contributed by atoms with van der Waals surface area (Å²) in [6.07, 6.45) is -8.83. The lowest BCUT2D eigenvalue weighted by molar-refractivity contribution is -0.138. The van der Waals surface area contributed by atoms with E-state index in [9.17, 15) is 26.3 Å². The first-order valence-corrected chi connectivity index (χ1v) is 7.00. The molecule has 0 atom stereocenters. The van der Waals surface area contributed by atoms with E-state index in [1.165, 1.54) is 0 Å². The lowest BCUT2D eigenvalue weighted by Crippen LogP contribution is -2.11. The molecule has 0 aliphatic heterocycles. The Kier molecular flexibility index (Phi) is 5.26. The van der Waals surface area contributed by atoms with Gasteiger partial charge in [-0.15, -0.1) is 0 Å². The molecule has 25 heavy (non-hydrogen) atoms. The van der Waals surface area contributed by atoms with Gasteiger partial charge in [-0.2, -0.15) is 26.3 Å². The van der Waals surface area contributed by atoms with Crippen molar-refractivity contribution in [3.8, 4) is 0 Å². The largest absolute Gasteiger partial charge is 0.417 e. The number of aromatic nitrogens is 1. The zero-order chi connectivity index (χ0) is 18.8. The number of halogens is 7. The maximum atomic E-state index is 12.6. The van der Waals surface area contributed by atoms with Gasteiger partial charge in [-0.3, -0.25) is 4.98 Å². The van der Waals surface area contributed by atoms with E-state index in [0.717, 1.165) is 24.3 Å². The number of hydrogen-bond acceptors (Lipinski definition) is 3. The zero-order valence-corrected chi connectivity index (χ0v) is 12.9. The van der Waals surface area contributed by atoms with Gasteiger partial charge in [0.05, 0.1) is 27.6 Å². The Bertz CT molecular complexity index is 784. The molecular formula is C15H9ClF6N2O. The summed E-state index contributed by atoms with van der Waals surface area (Å²) in [5.41, 5.74) is -1.89. The van der Waals surface area contributed by atoms with Gasteiger partial charge < -0.3 is 5.21 Å². The van der Waals surface area contributed by atoms with Gasteiger partial charge >= 0.3 is 12.4 Å². The molecule has 2 rings (SSSR count). The highest BCUT2D eigenvalue weighted by molar-refractivity contribution is 6.31. The predicted octanol–water partition coefficient (Wildman–Crippen LogP) is 5.19. The fourth-order valence-corrected chi connectivity index (χ4v) is 2.19. The molecular weight excluding hydrogens is 374 g/mol. The van der Waals surface area contributed by atoms with E-state index in [2.05, 4.69) is 10.1 Å². The van der Waals surface area contributed by atoms with Crippen molar-refractivity contribution < 1.29 is 31.5 Å². The van der Waals surface area contributed by atoms with Gasteiger partial charge in [-0.05, 0) is 23.8 Å². The standard InChI is InChI=1S/C15H9ClF6N2O/c16-11-5-10(15(20,21)22)7-23-13(11)6-12(24-25)8-1-3-9(4-2-8)14(17,18)19/h1-5,7,25H,6H2/b24-12-. The first kappa shape index (κ1) is 19.0. The van der Waals surface area contributed by atoms with E-state index >= 15 is 0 Å². The SMILES string of the molecule is O/N=C(/Cc1ncc(C(F)(F)F)cc1Cl)c1ccc(C(F)(F)F)cc1. The highest BCUT2D eigenvalue weighted by Crippen LogP contribution is 2.32. The average Bonchev–Trinajstić information content (AvgIpc) is 2.52. The molecule has 134 valence electrons. The number of hydrogen-bond donors (Lipinski definition) is 1. The van der Waals surface area contributed by atoms with Crippen molar-refractivity contribution in [3.63, 3.8) is 0 Å².